The van der Waals surface area contributed by atoms with Gasteiger partial charge in [-0.3, -0.25) is 0 Å². The monoisotopic (exact) mass is 200 g/mol. The lowest BCUT2D eigenvalue weighted by atomic mass is 9.67. The Morgan fingerprint density at radius 1 is 1.29 bits per heavy atom. The van der Waals surface area contributed by atoms with E-state index in [2.05, 4.69) is 34.6 Å². The number of aliphatic hydroxyl groups is 1. The van der Waals surface area contributed by atoms with Gasteiger partial charge in [0.2, 0.25) is 0 Å². The van der Waals surface area contributed by atoms with Crippen LogP contribution in [0.1, 0.15) is 41.0 Å². The molecule has 1 heterocycles. The zero-order chi connectivity index (χ0) is 11.0. The fourth-order valence-corrected chi connectivity index (χ4v) is 2.35. The first kappa shape index (κ1) is 12.0. The van der Waals surface area contributed by atoms with Gasteiger partial charge in [-0.2, -0.15) is 0 Å². The molecule has 1 saturated heterocycles. The van der Waals surface area contributed by atoms with Crippen molar-refractivity contribution in [2.75, 3.05) is 13.2 Å². The van der Waals surface area contributed by atoms with Crippen LogP contribution in [0.4, 0.5) is 0 Å². The summed E-state index contributed by atoms with van der Waals surface area (Å²) in [5, 5.41) is 10.7. The van der Waals surface area contributed by atoms with Crippen LogP contribution in [0.5, 0.6) is 0 Å². The lowest BCUT2D eigenvalue weighted by Crippen LogP contribution is -2.51. The predicted octanol–water partition coefficient (Wildman–Crippen LogP) is 2.46. The molecule has 0 radical (unpaired) electrons. The first-order valence-electron chi connectivity index (χ1n) is 5.65. The van der Waals surface area contributed by atoms with Crippen LogP contribution in [0.25, 0.3) is 0 Å². The number of ether oxygens (including phenoxy) is 1. The van der Waals surface area contributed by atoms with Gasteiger partial charge < -0.3 is 9.84 Å². The van der Waals surface area contributed by atoms with Crippen LogP contribution >= 0.6 is 0 Å². The van der Waals surface area contributed by atoms with Crippen molar-refractivity contribution in [3.8, 4) is 0 Å². The zero-order valence-electron chi connectivity index (χ0n) is 10.1. The number of rotatable bonds is 3. The van der Waals surface area contributed by atoms with Gasteiger partial charge in [0.25, 0.3) is 0 Å². The molecule has 0 spiro atoms. The number of hydrogen-bond donors (Lipinski definition) is 1. The highest BCUT2D eigenvalue weighted by molar-refractivity contribution is 5.01. The topological polar surface area (TPSA) is 29.5 Å². The van der Waals surface area contributed by atoms with E-state index in [4.69, 9.17) is 4.74 Å². The van der Waals surface area contributed by atoms with Crippen molar-refractivity contribution in [3.05, 3.63) is 0 Å². The summed E-state index contributed by atoms with van der Waals surface area (Å²) in [6.07, 6.45) is 1.11. The van der Waals surface area contributed by atoms with Crippen molar-refractivity contribution in [2.45, 2.75) is 46.6 Å². The van der Waals surface area contributed by atoms with E-state index in [9.17, 15) is 5.11 Å². The molecule has 0 aromatic heterocycles. The van der Waals surface area contributed by atoms with E-state index in [0.29, 0.717) is 25.0 Å². The Balaban J connectivity index is 2.83. The van der Waals surface area contributed by atoms with Gasteiger partial charge in [0, 0.05) is 5.41 Å². The summed E-state index contributed by atoms with van der Waals surface area (Å²) in [5.74, 6) is 0.839. The van der Waals surface area contributed by atoms with Gasteiger partial charge in [0.15, 0.2) is 0 Å². The molecule has 0 bridgehead atoms. The van der Waals surface area contributed by atoms with Gasteiger partial charge in [-0.1, -0.05) is 41.0 Å². The summed E-state index contributed by atoms with van der Waals surface area (Å²) in [4.78, 5) is 0. The first-order chi connectivity index (χ1) is 6.35. The van der Waals surface area contributed by atoms with Crippen LogP contribution in [-0.4, -0.2) is 23.9 Å². The minimum atomic E-state index is -0.650. The Bertz CT molecular complexity index is 200. The standard InChI is InChI=1S/C12H24O2/c1-6-9(2)10(3)12(13)8-14-7-11(12,4)5/h9-10,13H,6-8H2,1-5H3. The molecule has 0 aliphatic carbocycles. The zero-order valence-corrected chi connectivity index (χ0v) is 10.1. The van der Waals surface area contributed by atoms with Crippen molar-refractivity contribution in [1.82, 2.24) is 0 Å². The molecule has 0 aromatic carbocycles. The summed E-state index contributed by atoms with van der Waals surface area (Å²) >= 11 is 0. The fourth-order valence-electron chi connectivity index (χ4n) is 2.35. The molecular formula is C12H24O2. The summed E-state index contributed by atoms with van der Waals surface area (Å²) in [7, 11) is 0. The average molecular weight is 200 g/mol. The van der Waals surface area contributed by atoms with E-state index in [0.717, 1.165) is 6.42 Å². The van der Waals surface area contributed by atoms with Crippen LogP contribution in [0, 0.1) is 17.3 Å². The maximum atomic E-state index is 10.7. The van der Waals surface area contributed by atoms with E-state index in [-0.39, 0.29) is 5.41 Å². The van der Waals surface area contributed by atoms with Crippen LogP contribution in [0.2, 0.25) is 0 Å². The minimum Gasteiger partial charge on any atom is -0.387 e. The van der Waals surface area contributed by atoms with Crippen molar-refractivity contribution >= 4 is 0 Å². The molecular weight excluding hydrogens is 176 g/mol. The molecule has 1 fully saturated rings. The Labute approximate surface area is 87.7 Å². The van der Waals surface area contributed by atoms with E-state index in [1.54, 1.807) is 0 Å². The normalized spacial score (nSPS) is 35.6. The summed E-state index contributed by atoms with van der Waals surface area (Å²) in [5.41, 5.74) is -0.766. The van der Waals surface area contributed by atoms with Gasteiger partial charge in [0.1, 0.15) is 0 Å². The third-order valence-corrected chi connectivity index (χ3v) is 4.21. The third-order valence-electron chi connectivity index (χ3n) is 4.21. The molecule has 0 aromatic rings. The molecule has 3 atom stereocenters. The van der Waals surface area contributed by atoms with Crippen LogP contribution in [-0.2, 0) is 4.74 Å². The van der Waals surface area contributed by atoms with E-state index in [1.165, 1.54) is 0 Å². The Hall–Kier alpha value is -0.0800. The second-order valence-electron chi connectivity index (χ2n) is 5.48. The molecule has 14 heavy (non-hydrogen) atoms. The van der Waals surface area contributed by atoms with Crippen molar-refractivity contribution in [3.63, 3.8) is 0 Å². The second kappa shape index (κ2) is 3.82. The molecule has 84 valence electrons. The SMILES string of the molecule is CCC(C)C(C)C1(O)COCC1(C)C. The van der Waals surface area contributed by atoms with Crippen LogP contribution in [0.15, 0.2) is 0 Å². The molecule has 1 aliphatic heterocycles. The molecule has 0 saturated carbocycles. The molecule has 3 unspecified atom stereocenters. The van der Waals surface area contributed by atoms with E-state index in [1.807, 2.05) is 0 Å². The maximum Gasteiger partial charge on any atom is 0.0980 e. The Morgan fingerprint density at radius 2 is 1.86 bits per heavy atom. The highest BCUT2D eigenvalue weighted by Gasteiger charge is 2.53. The smallest absolute Gasteiger partial charge is 0.0980 e. The largest absolute Gasteiger partial charge is 0.387 e. The molecule has 1 rings (SSSR count). The van der Waals surface area contributed by atoms with Gasteiger partial charge in [0.05, 0.1) is 18.8 Å². The van der Waals surface area contributed by atoms with Crippen molar-refractivity contribution in [1.29, 1.82) is 0 Å². The van der Waals surface area contributed by atoms with E-state index >= 15 is 0 Å². The van der Waals surface area contributed by atoms with Gasteiger partial charge in [-0.05, 0) is 11.8 Å². The van der Waals surface area contributed by atoms with Gasteiger partial charge >= 0.3 is 0 Å². The fraction of sp³-hybridized carbons (Fsp3) is 1.00. The summed E-state index contributed by atoms with van der Waals surface area (Å²) < 4.78 is 5.44. The van der Waals surface area contributed by atoms with Crippen LogP contribution < -0.4 is 0 Å². The molecule has 2 nitrogen and oxygen atoms in total. The van der Waals surface area contributed by atoms with Crippen molar-refractivity contribution < 1.29 is 9.84 Å². The van der Waals surface area contributed by atoms with E-state index < -0.39 is 5.60 Å². The lowest BCUT2D eigenvalue weighted by Gasteiger charge is -2.42. The third kappa shape index (κ3) is 1.70. The quantitative estimate of drug-likeness (QED) is 0.758. The Morgan fingerprint density at radius 3 is 2.21 bits per heavy atom. The number of hydrogen-bond acceptors (Lipinski definition) is 2. The average Bonchev–Trinajstić information content (AvgIpc) is 2.40. The van der Waals surface area contributed by atoms with Crippen LogP contribution in [0.3, 0.4) is 0 Å². The molecule has 2 heteroatoms. The van der Waals surface area contributed by atoms with Crippen molar-refractivity contribution in [2.24, 2.45) is 17.3 Å². The highest BCUT2D eigenvalue weighted by atomic mass is 16.5. The lowest BCUT2D eigenvalue weighted by molar-refractivity contribution is -0.0925. The predicted molar refractivity (Wildman–Crippen MR) is 58.2 cm³/mol. The van der Waals surface area contributed by atoms with Gasteiger partial charge in [-0.15, -0.1) is 0 Å². The highest BCUT2D eigenvalue weighted by Crippen LogP contribution is 2.45. The Kier molecular flexibility index (Phi) is 3.27. The summed E-state index contributed by atoms with van der Waals surface area (Å²) in [6, 6.07) is 0. The minimum absolute atomic E-state index is 0.115. The first-order valence-corrected chi connectivity index (χ1v) is 5.65. The van der Waals surface area contributed by atoms with Gasteiger partial charge in [-0.25, -0.2) is 0 Å². The second-order valence-corrected chi connectivity index (χ2v) is 5.48. The molecule has 0 amide bonds. The summed E-state index contributed by atoms with van der Waals surface area (Å²) in [6.45, 7) is 11.9. The molecule has 1 aliphatic rings. The molecule has 1 N–H and O–H groups in total. The maximum absolute atomic E-state index is 10.7.